The number of amides is 1. The van der Waals surface area contributed by atoms with E-state index in [4.69, 9.17) is 18.9 Å². The number of nitrogens with one attached hydrogen (secondary N) is 1. The summed E-state index contributed by atoms with van der Waals surface area (Å²) in [5.41, 5.74) is -1.05. The van der Waals surface area contributed by atoms with E-state index < -0.39 is 41.6 Å². The van der Waals surface area contributed by atoms with Crippen LogP contribution >= 0.6 is 0 Å². The van der Waals surface area contributed by atoms with Gasteiger partial charge in [0.25, 0.3) is 0 Å². The van der Waals surface area contributed by atoms with Crippen molar-refractivity contribution in [1.29, 1.82) is 0 Å². The lowest BCUT2D eigenvalue weighted by Gasteiger charge is -2.29. The van der Waals surface area contributed by atoms with Gasteiger partial charge in [-0.1, -0.05) is 30.3 Å². The molecule has 1 aromatic carbocycles. The number of alkyl carbamates (subject to hydrolysis) is 1. The molecular weight excluding hydrogens is 366 g/mol. The molecule has 1 amide bonds. The van der Waals surface area contributed by atoms with E-state index in [1.165, 1.54) is 0 Å². The number of benzene rings is 1. The Balaban J connectivity index is 3.18. The first-order valence-electron chi connectivity index (χ1n) is 8.84. The first-order chi connectivity index (χ1) is 12.8. The first kappa shape index (κ1) is 23.3. The molecule has 28 heavy (non-hydrogen) atoms. The molecule has 0 heterocycles. The first-order valence-corrected chi connectivity index (χ1v) is 8.84. The zero-order valence-corrected chi connectivity index (χ0v) is 17.4. The zero-order valence-electron chi connectivity index (χ0n) is 17.4. The molecule has 0 saturated heterocycles. The Kier molecular flexibility index (Phi) is 7.84. The summed E-state index contributed by atoms with van der Waals surface area (Å²) in [7, 11) is 1.16. The van der Waals surface area contributed by atoms with Crippen LogP contribution in [0.3, 0.4) is 0 Å². The van der Waals surface area contributed by atoms with E-state index in [2.05, 4.69) is 5.32 Å². The van der Waals surface area contributed by atoms with Gasteiger partial charge < -0.3 is 24.3 Å². The molecule has 156 valence electrons. The van der Waals surface area contributed by atoms with Crippen LogP contribution in [-0.2, 0) is 23.7 Å². The van der Waals surface area contributed by atoms with Gasteiger partial charge in [-0.25, -0.2) is 14.4 Å². The van der Waals surface area contributed by atoms with E-state index in [-0.39, 0.29) is 0 Å². The van der Waals surface area contributed by atoms with Crippen molar-refractivity contribution in [3.05, 3.63) is 35.9 Å². The summed E-state index contributed by atoms with van der Waals surface area (Å²) in [4.78, 5) is 36.8. The van der Waals surface area contributed by atoms with Gasteiger partial charge in [-0.15, -0.1) is 0 Å². The lowest BCUT2D eigenvalue weighted by molar-refractivity contribution is -0.155. The lowest BCUT2D eigenvalue weighted by Crippen LogP contribution is -2.45. The number of hydrogen-bond donors (Lipinski definition) is 1. The van der Waals surface area contributed by atoms with Crippen LogP contribution in [0.25, 0.3) is 0 Å². The molecule has 0 aliphatic carbocycles. The maximum absolute atomic E-state index is 12.3. The SMILES string of the molecule is COC(=O)[C@H](OC(=O)OC(C)(C)C)[C@@H](NC(=O)OC(C)(C)C)c1ccccc1. The molecule has 8 nitrogen and oxygen atoms in total. The van der Waals surface area contributed by atoms with Gasteiger partial charge in [0.2, 0.25) is 6.10 Å². The molecular formula is C20H29NO7. The maximum atomic E-state index is 12.3. The number of rotatable bonds is 5. The van der Waals surface area contributed by atoms with Crippen molar-refractivity contribution >= 4 is 18.2 Å². The van der Waals surface area contributed by atoms with Gasteiger partial charge in [-0.3, -0.25) is 0 Å². The van der Waals surface area contributed by atoms with Gasteiger partial charge in [0, 0.05) is 0 Å². The number of ether oxygens (including phenoxy) is 4. The number of esters is 1. The minimum Gasteiger partial charge on any atom is -0.466 e. The highest BCUT2D eigenvalue weighted by Gasteiger charge is 2.37. The highest BCUT2D eigenvalue weighted by molar-refractivity contribution is 5.80. The number of carbonyl (C=O) groups is 3. The molecule has 1 rings (SSSR count). The van der Waals surface area contributed by atoms with Crippen LogP contribution in [0.4, 0.5) is 9.59 Å². The van der Waals surface area contributed by atoms with Crippen LogP contribution in [0.1, 0.15) is 53.1 Å². The second kappa shape index (κ2) is 9.43. The summed E-state index contributed by atoms with van der Waals surface area (Å²) >= 11 is 0. The van der Waals surface area contributed by atoms with Crippen LogP contribution in [0, 0.1) is 0 Å². The summed E-state index contributed by atoms with van der Waals surface area (Å²) in [6, 6.07) is 7.53. The fourth-order valence-corrected chi connectivity index (χ4v) is 2.17. The Labute approximate surface area is 165 Å². The smallest absolute Gasteiger partial charge is 0.466 e. The normalized spacial score (nSPS) is 13.7. The maximum Gasteiger partial charge on any atom is 0.509 e. The molecule has 0 radical (unpaired) electrons. The minimum absolute atomic E-state index is 0.521. The predicted molar refractivity (Wildman–Crippen MR) is 102 cm³/mol. The Bertz CT molecular complexity index is 674. The Hall–Kier alpha value is -2.77. The molecule has 1 N–H and O–H groups in total. The molecule has 2 atom stereocenters. The Morgan fingerprint density at radius 1 is 0.893 bits per heavy atom. The fourth-order valence-electron chi connectivity index (χ4n) is 2.17. The summed E-state index contributed by atoms with van der Waals surface area (Å²) in [6.07, 6.45) is -3.31. The number of hydrogen-bond acceptors (Lipinski definition) is 7. The van der Waals surface area contributed by atoms with Gasteiger partial charge in [0.05, 0.1) is 7.11 Å². The highest BCUT2D eigenvalue weighted by Crippen LogP contribution is 2.23. The van der Waals surface area contributed by atoms with Gasteiger partial charge >= 0.3 is 18.2 Å². The molecule has 0 aromatic heterocycles. The quantitative estimate of drug-likeness (QED) is 0.599. The van der Waals surface area contributed by atoms with Crippen LogP contribution in [0.2, 0.25) is 0 Å². The monoisotopic (exact) mass is 395 g/mol. The third kappa shape index (κ3) is 8.28. The van der Waals surface area contributed by atoms with E-state index in [0.717, 1.165) is 7.11 Å². The third-order valence-corrected chi connectivity index (χ3v) is 3.18. The van der Waals surface area contributed by atoms with Gasteiger partial charge in [0.1, 0.15) is 17.2 Å². The summed E-state index contributed by atoms with van der Waals surface area (Å²) in [6.45, 7) is 10.1. The Morgan fingerprint density at radius 3 is 1.89 bits per heavy atom. The number of methoxy groups -OCH3 is 1. The lowest BCUT2D eigenvalue weighted by atomic mass is 10.0. The van der Waals surface area contributed by atoms with Crippen molar-refractivity contribution in [3.63, 3.8) is 0 Å². The van der Waals surface area contributed by atoms with Crippen LogP contribution in [-0.4, -0.2) is 42.6 Å². The van der Waals surface area contributed by atoms with E-state index in [0.29, 0.717) is 5.56 Å². The van der Waals surface area contributed by atoms with E-state index in [1.54, 1.807) is 71.9 Å². The predicted octanol–water partition coefficient (Wildman–Crippen LogP) is 3.75. The molecule has 1 aromatic rings. The largest absolute Gasteiger partial charge is 0.509 e. The van der Waals surface area contributed by atoms with Crippen LogP contribution in [0.5, 0.6) is 0 Å². The second-order valence-corrected chi connectivity index (χ2v) is 8.06. The minimum atomic E-state index is -1.48. The summed E-state index contributed by atoms with van der Waals surface area (Å²) < 4.78 is 20.4. The molecule has 0 aliphatic rings. The average Bonchev–Trinajstić information content (AvgIpc) is 2.55. The van der Waals surface area contributed by atoms with Crippen molar-refractivity contribution in [3.8, 4) is 0 Å². The topological polar surface area (TPSA) is 100 Å². The van der Waals surface area contributed by atoms with Gasteiger partial charge in [0.15, 0.2) is 0 Å². The number of carbonyl (C=O) groups excluding carboxylic acids is 3. The average molecular weight is 395 g/mol. The molecule has 0 saturated carbocycles. The van der Waals surface area contributed by atoms with Crippen molar-refractivity contribution in [2.75, 3.05) is 7.11 Å². The zero-order chi connectivity index (χ0) is 21.5. The standard InChI is InChI=1S/C20H29NO7/c1-19(2,3)27-17(23)21-14(13-11-9-8-10-12-13)15(16(22)25-7)26-18(24)28-20(4,5)6/h8-12,14-15H,1-7H3,(H,21,23)/t14-,15+/m0/s1. The second-order valence-electron chi connectivity index (χ2n) is 8.06. The summed E-state index contributed by atoms with van der Waals surface area (Å²) in [5.74, 6) is -0.851. The van der Waals surface area contributed by atoms with Crippen molar-refractivity contribution in [1.82, 2.24) is 5.32 Å². The van der Waals surface area contributed by atoms with Crippen molar-refractivity contribution in [2.24, 2.45) is 0 Å². The van der Waals surface area contributed by atoms with E-state index in [1.807, 2.05) is 0 Å². The van der Waals surface area contributed by atoms with Gasteiger partial charge in [-0.2, -0.15) is 0 Å². The third-order valence-electron chi connectivity index (χ3n) is 3.18. The van der Waals surface area contributed by atoms with E-state index in [9.17, 15) is 14.4 Å². The van der Waals surface area contributed by atoms with Crippen LogP contribution < -0.4 is 5.32 Å². The van der Waals surface area contributed by atoms with Gasteiger partial charge in [-0.05, 0) is 47.1 Å². The van der Waals surface area contributed by atoms with E-state index >= 15 is 0 Å². The summed E-state index contributed by atoms with van der Waals surface area (Å²) in [5, 5.41) is 2.58. The molecule has 0 unspecified atom stereocenters. The van der Waals surface area contributed by atoms with Crippen molar-refractivity contribution < 1.29 is 33.3 Å². The molecule has 8 heteroatoms. The molecule has 0 bridgehead atoms. The molecule has 0 spiro atoms. The molecule has 0 aliphatic heterocycles. The fraction of sp³-hybridized carbons (Fsp3) is 0.550. The molecule has 0 fully saturated rings. The van der Waals surface area contributed by atoms with Crippen LogP contribution in [0.15, 0.2) is 30.3 Å². The van der Waals surface area contributed by atoms with Crippen molar-refractivity contribution in [2.45, 2.75) is 64.9 Å². The Morgan fingerprint density at radius 2 is 1.43 bits per heavy atom. The highest BCUT2D eigenvalue weighted by atomic mass is 16.7.